The number of anilines is 1. The number of rotatable bonds is 1. The molecule has 3 nitrogen and oxygen atoms in total. The minimum Gasteiger partial charge on any atom is -0.446 e. The van der Waals surface area contributed by atoms with Crippen molar-refractivity contribution in [2.24, 2.45) is 0 Å². The summed E-state index contributed by atoms with van der Waals surface area (Å²) in [5, 5.41) is 0. The number of aromatic nitrogens is 1. The van der Waals surface area contributed by atoms with Crippen molar-refractivity contribution in [1.82, 2.24) is 4.98 Å². The molecule has 1 aromatic heterocycles. The molecule has 0 amide bonds. The standard InChI is InChI=1S/C11H12N2O/c1-7-11(13-8(2)14-7)9-4-3-5-10(12)6-9/h3-6H,12H2,1-2H3. The molecule has 3 heteroatoms. The van der Waals surface area contributed by atoms with Crippen LogP contribution in [0, 0.1) is 13.8 Å². The number of nitrogens with zero attached hydrogens (tertiary/aromatic N) is 1. The summed E-state index contributed by atoms with van der Waals surface area (Å²) in [6, 6.07) is 7.63. The molecule has 2 N–H and O–H groups in total. The summed E-state index contributed by atoms with van der Waals surface area (Å²) < 4.78 is 5.36. The van der Waals surface area contributed by atoms with E-state index in [0.717, 1.165) is 22.7 Å². The van der Waals surface area contributed by atoms with E-state index >= 15 is 0 Å². The summed E-state index contributed by atoms with van der Waals surface area (Å²) in [4.78, 5) is 4.30. The fraction of sp³-hybridized carbons (Fsp3) is 0.182. The Morgan fingerprint density at radius 3 is 2.64 bits per heavy atom. The highest BCUT2D eigenvalue weighted by atomic mass is 16.4. The van der Waals surface area contributed by atoms with Crippen LogP contribution in [0.15, 0.2) is 28.7 Å². The van der Waals surface area contributed by atoms with Crippen molar-refractivity contribution < 1.29 is 4.42 Å². The van der Waals surface area contributed by atoms with Crippen molar-refractivity contribution in [3.05, 3.63) is 35.9 Å². The van der Waals surface area contributed by atoms with Gasteiger partial charge in [-0.25, -0.2) is 4.98 Å². The minimum atomic E-state index is 0.680. The number of nitrogen functional groups attached to an aromatic ring is 1. The lowest BCUT2D eigenvalue weighted by molar-refractivity contribution is 0.495. The van der Waals surface area contributed by atoms with Crippen molar-refractivity contribution in [1.29, 1.82) is 0 Å². The molecule has 2 aromatic rings. The predicted molar refractivity (Wildman–Crippen MR) is 55.8 cm³/mol. The van der Waals surface area contributed by atoms with Crippen molar-refractivity contribution in [2.75, 3.05) is 5.73 Å². The third-order valence-corrected chi connectivity index (χ3v) is 2.06. The Balaban J connectivity index is 2.54. The SMILES string of the molecule is Cc1nc(-c2cccc(N)c2)c(C)o1. The van der Waals surface area contributed by atoms with Gasteiger partial charge >= 0.3 is 0 Å². The molecular formula is C11H12N2O. The predicted octanol–water partition coefficient (Wildman–Crippen LogP) is 2.54. The van der Waals surface area contributed by atoms with Gasteiger partial charge in [-0.2, -0.15) is 0 Å². The Kier molecular flexibility index (Phi) is 2.00. The van der Waals surface area contributed by atoms with Gasteiger partial charge in [0.1, 0.15) is 11.5 Å². The highest BCUT2D eigenvalue weighted by Crippen LogP contribution is 2.24. The highest BCUT2D eigenvalue weighted by molar-refractivity contribution is 5.65. The molecule has 0 aliphatic carbocycles. The maximum Gasteiger partial charge on any atom is 0.191 e. The number of hydrogen-bond donors (Lipinski definition) is 1. The molecule has 2 rings (SSSR count). The van der Waals surface area contributed by atoms with Gasteiger partial charge in [0.2, 0.25) is 0 Å². The summed E-state index contributed by atoms with van der Waals surface area (Å²) in [6.45, 7) is 3.74. The van der Waals surface area contributed by atoms with E-state index < -0.39 is 0 Å². The molecule has 0 aliphatic heterocycles. The Labute approximate surface area is 82.6 Å². The molecule has 0 atom stereocenters. The number of hydrogen-bond acceptors (Lipinski definition) is 3. The zero-order valence-electron chi connectivity index (χ0n) is 8.24. The Hall–Kier alpha value is -1.77. The fourth-order valence-electron chi connectivity index (χ4n) is 1.48. The van der Waals surface area contributed by atoms with Crippen LogP contribution in [-0.4, -0.2) is 4.98 Å². The van der Waals surface area contributed by atoms with E-state index in [-0.39, 0.29) is 0 Å². The smallest absolute Gasteiger partial charge is 0.191 e. The van der Waals surface area contributed by atoms with E-state index in [1.165, 1.54) is 0 Å². The average Bonchev–Trinajstić information content (AvgIpc) is 2.45. The number of nitrogens with two attached hydrogens (primary N) is 1. The van der Waals surface area contributed by atoms with Crippen LogP contribution in [0.25, 0.3) is 11.3 Å². The second-order valence-corrected chi connectivity index (χ2v) is 3.26. The van der Waals surface area contributed by atoms with Crippen LogP contribution >= 0.6 is 0 Å². The summed E-state index contributed by atoms with van der Waals surface area (Å²) in [6.07, 6.45) is 0. The number of aryl methyl sites for hydroxylation is 2. The molecule has 0 fully saturated rings. The topological polar surface area (TPSA) is 52.0 Å². The van der Waals surface area contributed by atoms with Gasteiger partial charge in [0, 0.05) is 18.2 Å². The van der Waals surface area contributed by atoms with Gasteiger partial charge in [-0.1, -0.05) is 12.1 Å². The van der Waals surface area contributed by atoms with Crippen LogP contribution in [0.4, 0.5) is 5.69 Å². The molecule has 0 bridgehead atoms. The van der Waals surface area contributed by atoms with Gasteiger partial charge in [0.25, 0.3) is 0 Å². The van der Waals surface area contributed by atoms with E-state index in [9.17, 15) is 0 Å². The minimum absolute atomic E-state index is 0.680. The first kappa shape index (κ1) is 8.81. The third-order valence-electron chi connectivity index (χ3n) is 2.06. The van der Waals surface area contributed by atoms with Crippen LogP contribution in [0.5, 0.6) is 0 Å². The van der Waals surface area contributed by atoms with Gasteiger partial charge < -0.3 is 10.2 Å². The molecule has 72 valence electrons. The van der Waals surface area contributed by atoms with Crippen molar-refractivity contribution in [3.8, 4) is 11.3 Å². The second-order valence-electron chi connectivity index (χ2n) is 3.26. The zero-order valence-corrected chi connectivity index (χ0v) is 8.24. The Morgan fingerprint density at radius 1 is 1.29 bits per heavy atom. The van der Waals surface area contributed by atoms with Gasteiger partial charge in [0.05, 0.1) is 0 Å². The van der Waals surface area contributed by atoms with E-state index in [4.69, 9.17) is 10.2 Å². The molecule has 0 unspecified atom stereocenters. The van der Waals surface area contributed by atoms with Crippen LogP contribution in [-0.2, 0) is 0 Å². The van der Waals surface area contributed by atoms with Gasteiger partial charge in [-0.15, -0.1) is 0 Å². The first-order valence-electron chi connectivity index (χ1n) is 4.47. The van der Waals surface area contributed by atoms with E-state index in [0.29, 0.717) is 5.89 Å². The molecule has 1 heterocycles. The quantitative estimate of drug-likeness (QED) is 0.699. The van der Waals surface area contributed by atoms with Crippen LogP contribution in [0.1, 0.15) is 11.7 Å². The first-order valence-corrected chi connectivity index (χ1v) is 4.47. The number of oxazole rings is 1. The Bertz CT molecular complexity index is 460. The number of benzene rings is 1. The van der Waals surface area contributed by atoms with Crippen molar-refractivity contribution >= 4 is 5.69 Å². The molecule has 0 radical (unpaired) electrons. The first-order chi connectivity index (χ1) is 6.66. The molecule has 0 spiro atoms. The average molecular weight is 188 g/mol. The lowest BCUT2D eigenvalue weighted by Gasteiger charge is -1.98. The third kappa shape index (κ3) is 1.48. The lowest BCUT2D eigenvalue weighted by Crippen LogP contribution is -1.86. The summed E-state index contributed by atoms with van der Waals surface area (Å²) in [5.74, 6) is 1.51. The second kappa shape index (κ2) is 3.18. The van der Waals surface area contributed by atoms with Crippen molar-refractivity contribution in [2.45, 2.75) is 13.8 Å². The summed E-state index contributed by atoms with van der Waals surface area (Å²) in [7, 11) is 0. The normalized spacial score (nSPS) is 10.4. The van der Waals surface area contributed by atoms with Crippen molar-refractivity contribution in [3.63, 3.8) is 0 Å². The summed E-state index contributed by atoms with van der Waals surface area (Å²) >= 11 is 0. The highest BCUT2D eigenvalue weighted by Gasteiger charge is 2.08. The monoisotopic (exact) mass is 188 g/mol. The lowest BCUT2D eigenvalue weighted by atomic mass is 10.1. The maximum atomic E-state index is 5.69. The van der Waals surface area contributed by atoms with Gasteiger partial charge in [-0.3, -0.25) is 0 Å². The van der Waals surface area contributed by atoms with E-state index in [1.54, 1.807) is 0 Å². The van der Waals surface area contributed by atoms with Gasteiger partial charge in [0.15, 0.2) is 5.89 Å². The zero-order chi connectivity index (χ0) is 10.1. The molecular weight excluding hydrogens is 176 g/mol. The van der Waals surface area contributed by atoms with Crippen LogP contribution in [0.2, 0.25) is 0 Å². The maximum absolute atomic E-state index is 5.69. The van der Waals surface area contributed by atoms with Crippen LogP contribution in [0.3, 0.4) is 0 Å². The molecule has 0 saturated carbocycles. The molecule has 0 aliphatic rings. The molecule has 0 saturated heterocycles. The van der Waals surface area contributed by atoms with Crippen LogP contribution < -0.4 is 5.73 Å². The van der Waals surface area contributed by atoms with E-state index in [2.05, 4.69) is 4.98 Å². The summed E-state index contributed by atoms with van der Waals surface area (Å²) in [5.41, 5.74) is 8.30. The fourth-order valence-corrected chi connectivity index (χ4v) is 1.48. The van der Waals surface area contributed by atoms with Gasteiger partial charge in [-0.05, 0) is 19.1 Å². The van der Waals surface area contributed by atoms with E-state index in [1.807, 2.05) is 38.1 Å². The Morgan fingerprint density at radius 2 is 2.07 bits per heavy atom. The molecule has 14 heavy (non-hydrogen) atoms. The molecule has 1 aromatic carbocycles. The largest absolute Gasteiger partial charge is 0.446 e.